The molecule has 1 fully saturated rings. The molecule has 4 nitrogen and oxygen atoms in total. The number of hydrogen-bond acceptors (Lipinski definition) is 4. The van der Waals surface area contributed by atoms with Gasteiger partial charge in [-0.05, 0) is 42.7 Å². The average Bonchev–Trinajstić information content (AvgIpc) is 2.87. The van der Waals surface area contributed by atoms with Gasteiger partial charge in [0.15, 0.2) is 11.5 Å². The average molecular weight is 309 g/mol. The molecule has 116 valence electrons. The number of hydrogen-bond donors (Lipinski definition) is 1. The molecule has 1 aliphatic heterocycles. The van der Waals surface area contributed by atoms with Crippen LogP contribution >= 0.6 is 12.6 Å². The van der Waals surface area contributed by atoms with E-state index in [-0.39, 0.29) is 5.91 Å². The molecule has 2 rings (SSSR count). The van der Waals surface area contributed by atoms with Gasteiger partial charge in [-0.2, -0.15) is 12.6 Å². The number of nitrogens with zero attached hydrogens (tertiary/aromatic N) is 1. The summed E-state index contributed by atoms with van der Waals surface area (Å²) in [6.45, 7) is 4.14. The summed E-state index contributed by atoms with van der Waals surface area (Å²) in [7, 11) is 1.64. The van der Waals surface area contributed by atoms with Crippen molar-refractivity contribution < 1.29 is 14.3 Å². The first-order valence-corrected chi connectivity index (χ1v) is 7.99. The molecule has 0 radical (unpaired) electrons. The number of likely N-dealkylation sites (tertiary alicyclic amines) is 1. The van der Waals surface area contributed by atoms with Gasteiger partial charge in [0.05, 0.1) is 13.7 Å². The van der Waals surface area contributed by atoms with E-state index in [1.807, 2.05) is 30.0 Å². The van der Waals surface area contributed by atoms with Gasteiger partial charge in [0.2, 0.25) is 5.91 Å². The second kappa shape index (κ2) is 7.59. The smallest absolute Gasteiger partial charge is 0.222 e. The molecule has 1 aliphatic rings. The highest BCUT2D eigenvalue weighted by molar-refractivity contribution is 7.80. The molecule has 0 spiro atoms. The number of methoxy groups -OCH3 is 1. The molecule has 1 unspecified atom stereocenters. The molecule has 21 heavy (non-hydrogen) atoms. The fourth-order valence-corrected chi connectivity index (χ4v) is 2.84. The Kier molecular flexibility index (Phi) is 5.79. The number of ether oxygens (including phenoxy) is 2. The lowest BCUT2D eigenvalue weighted by Gasteiger charge is -2.17. The molecule has 0 aliphatic carbocycles. The molecule has 0 saturated carbocycles. The van der Waals surface area contributed by atoms with Crippen LogP contribution in [0.5, 0.6) is 11.5 Å². The van der Waals surface area contributed by atoms with Crippen LogP contribution in [0, 0.1) is 5.92 Å². The van der Waals surface area contributed by atoms with E-state index in [1.54, 1.807) is 7.11 Å². The van der Waals surface area contributed by atoms with Crippen LogP contribution < -0.4 is 9.47 Å². The van der Waals surface area contributed by atoms with Crippen molar-refractivity contribution in [3.8, 4) is 11.5 Å². The first-order valence-electron chi connectivity index (χ1n) is 7.36. The van der Waals surface area contributed by atoms with Crippen LogP contribution in [0.4, 0.5) is 0 Å². The van der Waals surface area contributed by atoms with Crippen molar-refractivity contribution in [2.45, 2.75) is 19.8 Å². The van der Waals surface area contributed by atoms with Gasteiger partial charge in [-0.25, -0.2) is 0 Å². The minimum atomic E-state index is 0.243. The molecule has 0 bridgehead atoms. The van der Waals surface area contributed by atoms with Crippen molar-refractivity contribution in [2.75, 3.05) is 32.6 Å². The molecule has 1 atom stereocenters. The van der Waals surface area contributed by atoms with Crippen molar-refractivity contribution in [1.29, 1.82) is 0 Å². The summed E-state index contributed by atoms with van der Waals surface area (Å²) in [6.07, 6.45) is 1.46. The van der Waals surface area contributed by atoms with Crippen LogP contribution in [0.1, 0.15) is 18.9 Å². The molecule has 0 N–H and O–H groups in total. The Balaban J connectivity index is 1.96. The Morgan fingerprint density at radius 2 is 2.19 bits per heavy atom. The third-order valence-corrected chi connectivity index (χ3v) is 4.27. The lowest BCUT2D eigenvalue weighted by molar-refractivity contribution is -0.127. The van der Waals surface area contributed by atoms with Crippen molar-refractivity contribution in [3.05, 3.63) is 23.8 Å². The van der Waals surface area contributed by atoms with Crippen LogP contribution in [-0.2, 0) is 11.2 Å². The van der Waals surface area contributed by atoms with Crippen molar-refractivity contribution >= 4 is 18.5 Å². The minimum absolute atomic E-state index is 0.243. The Morgan fingerprint density at radius 3 is 2.81 bits per heavy atom. The van der Waals surface area contributed by atoms with Crippen LogP contribution in [0.25, 0.3) is 0 Å². The molecule has 1 aromatic rings. The van der Waals surface area contributed by atoms with E-state index in [2.05, 4.69) is 12.6 Å². The third kappa shape index (κ3) is 4.06. The zero-order chi connectivity index (χ0) is 15.2. The predicted molar refractivity (Wildman–Crippen MR) is 86.4 cm³/mol. The molecular weight excluding hydrogens is 286 g/mol. The van der Waals surface area contributed by atoms with E-state index in [9.17, 15) is 4.79 Å². The van der Waals surface area contributed by atoms with Gasteiger partial charge in [0.25, 0.3) is 0 Å². The third-order valence-electron chi connectivity index (χ3n) is 3.75. The quantitative estimate of drug-likeness (QED) is 0.786. The number of carbonyl (C=O) groups is 1. The molecule has 1 saturated heterocycles. The fourth-order valence-electron chi connectivity index (χ4n) is 2.60. The van der Waals surface area contributed by atoms with Crippen LogP contribution in [0.15, 0.2) is 18.2 Å². The Bertz CT molecular complexity index is 492. The van der Waals surface area contributed by atoms with Crippen molar-refractivity contribution in [1.82, 2.24) is 4.90 Å². The summed E-state index contributed by atoms with van der Waals surface area (Å²) >= 11 is 4.28. The standard InChI is InChI=1S/C16H23NO3S/c1-3-20-14-5-4-12(8-15(14)19-2)6-7-17-10-13(11-21)9-16(17)18/h4-5,8,13,21H,3,6-7,9-11H2,1-2H3. The number of thiol groups is 1. The predicted octanol–water partition coefficient (Wildman–Crippen LogP) is 2.41. The summed E-state index contributed by atoms with van der Waals surface area (Å²) in [5.74, 6) is 2.92. The Labute approximate surface area is 131 Å². The minimum Gasteiger partial charge on any atom is -0.493 e. The lowest BCUT2D eigenvalue weighted by atomic mass is 10.1. The van der Waals surface area contributed by atoms with Gasteiger partial charge >= 0.3 is 0 Å². The summed E-state index contributed by atoms with van der Waals surface area (Å²) in [5.41, 5.74) is 1.15. The number of carbonyl (C=O) groups excluding carboxylic acids is 1. The monoisotopic (exact) mass is 309 g/mol. The topological polar surface area (TPSA) is 38.8 Å². The summed E-state index contributed by atoms with van der Waals surface area (Å²) < 4.78 is 10.9. The molecule has 5 heteroatoms. The van der Waals surface area contributed by atoms with Crippen molar-refractivity contribution in [2.24, 2.45) is 5.92 Å². The second-order valence-electron chi connectivity index (χ2n) is 5.26. The highest BCUT2D eigenvalue weighted by atomic mass is 32.1. The van der Waals surface area contributed by atoms with E-state index in [0.717, 1.165) is 42.3 Å². The lowest BCUT2D eigenvalue weighted by Crippen LogP contribution is -2.27. The van der Waals surface area contributed by atoms with E-state index >= 15 is 0 Å². The maximum atomic E-state index is 11.9. The maximum absolute atomic E-state index is 11.9. The van der Waals surface area contributed by atoms with Gasteiger partial charge in [0, 0.05) is 19.5 Å². The van der Waals surface area contributed by atoms with E-state index in [1.165, 1.54) is 0 Å². The number of benzene rings is 1. The first kappa shape index (κ1) is 16.0. The largest absolute Gasteiger partial charge is 0.493 e. The molecule has 1 aromatic carbocycles. The van der Waals surface area contributed by atoms with E-state index in [4.69, 9.17) is 9.47 Å². The van der Waals surface area contributed by atoms with Gasteiger partial charge in [-0.3, -0.25) is 4.79 Å². The zero-order valence-electron chi connectivity index (χ0n) is 12.7. The Hall–Kier alpha value is -1.36. The Morgan fingerprint density at radius 1 is 1.38 bits per heavy atom. The van der Waals surface area contributed by atoms with Gasteiger partial charge in [-0.1, -0.05) is 6.07 Å². The maximum Gasteiger partial charge on any atom is 0.222 e. The fraction of sp³-hybridized carbons (Fsp3) is 0.562. The van der Waals surface area contributed by atoms with Crippen molar-refractivity contribution in [3.63, 3.8) is 0 Å². The van der Waals surface area contributed by atoms with Crippen LogP contribution in [0.3, 0.4) is 0 Å². The first-order chi connectivity index (χ1) is 10.2. The van der Waals surface area contributed by atoms with Gasteiger partial charge < -0.3 is 14.4 Å². The van der Waals surface area contributed by atoms with Gasteiger partial charge in [-0.15, -0.1) is 0 Å². The highest BCUT2D eigenvalue weighted by Gasteiger charge is 2.27. The number of amides is 1. The van der Waals surface area contributed by atoms with E-state index < -0.39 is 0 Å². The molecule has 0 aromatic heterocycles. The van der Waals surface area contributed by atoms with E-state index in [0.29, 0.717) is 18.9 Å². The normalized spacial score (nSPS) is 18.1. The van der Waals surface area contributed by atoms with Gasteiger partial charge in [0.1, 0.15) is 0 Å². The highest BCUT2D eigenvalue weighted by Crippen LogP contribution is 2.28. The molecular formula is C16H23NO3S. The zero-order valence-corrected chi connectivity index (χ0v) is 13.6. The van der Waals surface area contributed by atoms with Crippen LogP contribution in [-0.4, -0.2) is 43.4 Å². The summed E-state index contributed by atoms with van der Waals surface area (Å²) in [6, 6.07) is 5.95. The summed E-state index contributed by atoms with van der Waals surface area (Å²) in [5, 5.41) is 0. The molecule has 1 heterocycles. The summed E-state index contributed by atoms with van der Waals surface area (Å²) in [4.78, 5) is 13.8. The second-order valence-corrected chi connectivity index (χ2v) is 5.63. The van der Waals surface area contributed by atoms with Crippen LogP contribution in [0.2, 0.25) is 0 Å². The SMILES string of the molecule is CCOc1ccc(CCN2CC(CS)CC2=O)cc1OC. The molecule has 1 amide bonds. The number of rotatable bonds is 7.